The summed E-state index contributed by atoms with van der Waals surface area (Å²) in [6, 6.07) is 14.0. The van der Waals surface area contributed by atoms with E-state index in [2.05, 4.69) is 11.3 Å². The lowest BCUT2D eigenvalue weighted by molar-refractivity contribution is 0.362. The Balaban J connectivity index is 1.85. The summed E-state index contributed by atoms with van der Waals surface area (Å²) in [5, 5.41) is 14.4. The average Bonchev–Trinajstić information content (AvgIpc) is 3.08. The van der Waals surface area contributed by atoms with Gasteiger partial charge in [0.25, 0.3) is 10.0 Å². The van der Waals surface area contributed by atoms with Crippen molar-refractivity contribution in [2.24, 2.45) is 0 Å². The molecule has 2 aromatic carbocycles. The molecule has 138 valence electrons. The van der Waals surface area contributed by atoms with Crippen molar-refractivity contribution in [2.45, 2.75) is 11.8 Å². The van der Waals surface area contributed by atoms with Crippen molar-refractivity contribution in [1.82, 2.24) is 14.1 Å². The summed E-state index contributed by atoms with van der Waals surface area (Å²) in [5.74, 6) is 0.644. The summed E-state index contributed by atoms with van der Waals surface area (Å²) < 4.78 is 27.4. The summed E-state index contributed by atoms with van der Waals surface area (Å²) in [6.45, 7) is 4.42. The number of nitriles is 1. The maximum absolute atomic E-state index is 13.2. The van der Waals surface area contributed by atoms with Gasteiger partial charge in [0.1, 0.15) is 0 Å². The normalized spacial score (nSPS) is 15.1. The Bertz CT molecular complexity index is 1120. The molecule has 1 aliphatic heterocycles. The van der Waals surface area contributed by atoms with E-state index >= 15 is 0 Å². The van der Waals surface area contributed by atoms with Crippen LogP contribution in [0.3, 0.4) is 0 Å². The zero-order chi connectivity index (χ0) is 19.0. The minimum atomic E-state index is -3.80. The Morgan fingerprint density at radius 3 is 2.41 bits per heavy atom. The van der Waals surface area contributed by atoms with E-state index in [1.165, 1.54) is 0 Å². The first-order valence-electron chi connectivity index (χ1n) is 8.70. The molecule has 0 aliphatic carbocycles. The molecular weight excluding hydrogens is 362 g/mol. The van der Waals surface area contributed by atoms with E-state index in [0.717, 1.165) is 15.0 Å². The van der Waals surface area contributed by atoms with Crippen LogP contribution in [0.15, 0.2) is 53.4 Å². The highest BCUT2D eigenvalue weighted by Gasteiger charge is 2.26. The maximum atomic E-state index is 13.2. The number of aromatic nitrogens is 2. The van der Waals surface area contributed by atoms with Gasteiger partial charge >= 0.3 is 0 Å². The second-order valence-corrected chi connectivity index (χ2v) is 8.35. The van der Waals surface area contributed by atoms with E-state index in [0.29, 0.717) is 37.5 Å². The quantitative estimate of drug-likeness (QED) is 0.647. The number of piperazine rings is 1. The second-order valence-electron chi connectivity index (χ2n) is 6.58. The fourth-order valence-corrected chi connectivity index (χ4v) is 4.62. The van der Waals surface area contributed by atoms with E-state index < -0.39 is 10.0 Å². The number of hydrogen-bond donors (Lipinski definition) is 0. The van der Waals surface area contributed by atoms with Crippen molar-refractivity contribution >= 4 is 26.7 Å². The topological polar surface area (TPSA) is 82.2 Å². The van der Waals surface area contributed by atoms with Gasteiger partial charge in [0.2, 0.25) is 0 Å². The molecule has 0 amide bonds. The van der Waals surface area contributed by atoms with Gasteiger partial charge in [0, 0.05) is 31.6 Å². The molecule has 1 aliphatic rings. The van der Waals surface area contributed by atoms with Gasteiger partial charge in [-0.2, -0.15) is 17.8 Å². The van der Waals surface area contributed by atoms with Crippen LogP contribution in [0.1, 0.15) is 5.56 Å². The third-order valence-electron chi connectivity index (χ3n) is 4.77. The number of hydrogen-bond acceptors (Lipinski definition) is 6. The molecule has 8 heteroatoms. The Hall–Kier alpha value is -3.05. The largest absolute Gasteiger partial charge is 0.351 e. The van der Waals surface area contributed by atoms with Gasteiger partial charge in [-0.1, -0.05) is 29.8 Å². The van der Waals surface area contributed by atoms with E-state index in [-0.39, 0.29) is 4.90 Å². The molecule has 0 N–H and O–H groups in total. The van der Waals surface area contributed by atoms with Crippen molar-refractivity contribution in [1.29, 1.82) is 5.26 Å². The molecule has 0 unspecified atom stereocenters. The minimum absolute atomic E-state index is 0.204. The summed E-state index contributed by atoms with van der Waals surface area (Å²) in [7, 11) is -3.80. The van der Waals surface area contributed by atoms with Gasteiger partial charge in [-0.05, 0) is 31.2 Å². The summed E-state index contributed by atoms with van der Waals surface area (Å²) in [4.78, 5) is 3.95. The number of benzene rings is 2. The van der Waals surface area contributed by atoms with Crippen LogP contribution in [0.4, 0.5) is 5.82 Å². The van der Waals surface area contributed by atoms with Crippen LogP contribution >= 0.6 is 0 Å². The fraction of sp³-hybridized carbons (Fsp3) is 0.263. The third kappa shape index (κ3) is 3.00. The van der Waals surface area contributed by atoms with Gasteiger partial charge in [-0.15, -0.1) is 5.10 Å². The standard InChI is InChI=1S/C19H19N5O2S/c1-15-7-8-18-17(13-15)19(23-11-9-22(14-20)10-12-23)21-24(18)27(25,26)16-5-3-2-4-6-16/h2-8,13H,9-12H2,1H3. The Kier molecular flexibility index (Phi) is 4.24. The van der Waals surface area contributed by atoms with E-state index in [1.54, 1.807) is 41.3 Å². The minimum Gasteiger partial charge on any atom is -0.351 e. The number of fused-ring (bicyclic) bond motifs is 1. The molecular formula is C19H19N5O2S. The first-order valence-corrected chi connectivity index (χ1v) is 10.1. The Labute approximate surface area is 158 Å². The predicted molar refractivity (Wildman–Crippen MR) is 103 cm³/mol. The Morgan fingerprint density at radius 2 is 1.74 bits per heavy atom. The summed E-state index contributed by atoms with van der Waals surface area (Å²) in [6.07, 6.45) is 2.16. The number of anilines is 1. The highest BCUT2D eigenvalue weighted by Crippen LogP contribution is 2.30. The molecule has 7 nitrogen and oxygen atoms in total. The van der Waals surface area contributed by atoms with Gasteiger partial charge in [-0.25, -0.2) is 0 Å². The number of nitrogens with zero attached hydrogens (tertiary/aromatic N) is 5. The van der Waals surface area contributed by atoms with Crippen LogP contribution < -0.4 is 4.90 Å². The maximum Gasteiger partial charge on any atom is 0.283 e. The lowest BCUT2D eigenvalue weighted by Crippen LogP contribution is -2.44. The van der Waals surface area contributed by atoms with Crippen LogP contribution in [-0.4, -0.2) is 48.7 Å². The first kappa shape index (κ1) is 17.4. The van der Waals surface area contributed by atoms with Gasteiger partial charge in [0.15, 0.2) is 12.0 Å². The Morgan fingerprint density at radius 1 is 1.04 bits per heavy atom. The van der Waals surface area contributed by atoms with Crippen molar-refractivity contribution in [2.75, 3.05) is 31.1 Å². The third-order valence-corrected chi connectivity index (χ3v) is 6.38. The highest BCUT2D eigenvalue weighted by molar-refractivity contribution is 7.90. The lowest BCUT2D eigenvalue weighted by atomic mass is 10.1. The van der Waals surface area contributed by atoms with Crippen molar-refractivity contribution in [3.8, 4) is 6.19 Å². The smallest absolute Gasteiger partial charge is 0.283 e. The van der Waals surface area contributed by atoms with E-state index in [4.69, 9.17) is 5.26 Å². The SMILES string of the molecule is Cc1ccc2c(c1)c(N1CCN(C#N)CC1)nn2S(=O)(=O)c1ccccc1. The van der Waals surface area contributed by atoms with Gasteiger partial charge in [-0.3, -0.25) is 0 Å². The zero-order valence-electron chi connectivity index (χ0n) is 14.9. The van der Waals surface area contributed by atoms with Gasteiger partial charge in [0.05, 0.1) is 10.4 Å². The monoisotopic (exact) mass is 381 g/mol. The first-order chi connectivity index (χ1) is 13.0. The van der Waals surface area contributed by atoms with Crippen LogP contribution in [0.25, 0.3) is 10.9 Å². The number of rotatable bonds is 3. The molecule has 1 fully saturated rings. The molecule has 0 spiro atoms. The zero-order valence-corrected chi connectivity index (χ0v) is 15.7. The van der Waals surface area contributed by atoms with Crippen LogP contribution in [0, 0.1) is 18.4 Å². The highest BCUT2D eigenvalue weighted by atomic mass is 32.2. The van der Waals surface area contributed by atoms with E-state index in [9.17, 15) is 8.42 Å². The molecule has 1 saturated heterocycles. The second kappa shape index (κ2) is 6.59. The van der Waals surface area contributed by atoms with E-state index in [1.807, 2.05) is 24.0 Å². The predicted octanol–water partition coefficient (Wildman–Crippen LogP) is 2.18. The molecule has 27 heavy (non-hydrogen) atoms. The number of aryl methyl sites for hydroxylation is 1. The summed E-state index contributed by atoms with van der Waals surface area (Å²) in [5.41, 5.74) is 1.60. The van der Waals surface area contributed by atoms with Crippen molar-refractivity contribution in [3.63, 3.8) is 0 Å². The molecule has 0 radical (unpaired) electrons. The van der Waals surface area contributed by atoms with Crippen molar-refractivity contribution in [3.05, 3.63) is 54.1 Å². The molecule has 0 atom stereocenters. The molecule has 4 rings (SSSR count). The van der Waals surface area contributed by atoms with Crippen LogP contribution in [0.5, 0.6) is 0 Å². The van der Waals surface area contributed by atoms with Gasteiger partial charge < -0.3 is 9.80 Å². The summed E-state index contributed by atoms with van der Waals surface area (Å²) >= 11 is 0. The fourth-order valence-electron chi connectivity index (χ4n) is 3.32. The lowest BCUT2D eigenvalue weighted by Gasteiger charge is -2.31. The van der Waals surface area contributed by atoms with Crippen molar-refractivity contribution < 1.29 is 8.42 Å². The molecule has 3 aromatic rings. The average molecular weight is 381 g/mol. The molecule has 1 aromatic heterocycles. The van der Waals surface area contributed by atoms with Crippen LogP contribution in [0.2, 0.25) is 0 Å². The van der Waals surface area contributed by atoms with Crippen LogP contribution in [-0.2, 0) is 10.0 Å². The molecule has 0 bridgehead atoms. The molecule has 0 saturated carbocycles. The molecule has 2 heterocycles.